The van der Waals surface area contributed by atoms with Crippen LogP contribution in [0.25, 0.3) is 17.0 Å². The zero-order chi connectivity index (χ0) is 26.9. The van der Waals surface area contributed by atoms with Crippen molar-refractivity contribution in [1.82, 2.24) is 4.98 Å². The molecule has 0 radical (unpaired) electrons. The summed E-state index contributed by atoms with van der Waals surface area (Å²) in [4.78, 5) is 16.1. The number of aromatic nitrogens is 1. The molecule has 0 bridgehead atoms. The highest BCUT2D eigenvalue weighted by Gasteiger charge is 2.17. The molecule has 8 nitrogen and oxygen atoms in total. The van der Waals surface area contributed by atoms with E-state index < -0.39 is 11.7 Å². The Balaban J connectivity index is 1.43. The number of aryl methyl sites for hydroxylation is 1. The first-order chi connectivity index (χ1) is 18.4. The number of allylic oxidation sites excluding steroid dienone is 1. The number of aliphatic carboxylic acids is 1. The second kappa shape index (κ2) is 12.3. The molecule has 0 aliphatic carbocycles. The Morgan fingerprint density at radius 2 is 1.79 bits per heavy atom. The van der Waals surface area contributed by atoms with E-state index >= 15 is 0 Å². The predicted molar refractivity (Wildman–Crippen MR) is 149 cm³/mol. The molecule has 3 N–H and O–H groups in total. The summed E-state index contributed by atoms with van der Waals surface area (Å²) >= 11 is 0. The molecule has 1 aromatic heterocycles. The van der Waals surface area contributed by atoms with Gasteiger partial charge in [0.2, 0.25) is 5.89 Å². The molecule has 1 heterocycles. The maximum atomic E-state index is 11.5. The van der Waals surface area contributed by atoms with Crippen LogP contribution >= 0.6 is 0 Å². The number of para-hydroxylation sites is 1. The van der Waals surface area contributed by atoms with Crippen molar-refractivity contribution in [3.05, 3.63) is 108 Å². The maximum absolute atomic E-state index is 11.5. The molecule has 0 saturated carbocycles. The third kappa shape index (κ3) is 6.82. The number of nitrogens with one attached hydrogen (secondary N) is 2. The maximum Gasteiger partial charge on any atom is 0.355 e. The molecule has 0 atom stereocenters. The van der Waals surface area contributed by atoms with Gasteiger partial charge in [0.05, 0.1) is 11.4 Å². The van der Waals surface area contributed by atoms with Crippen LogP contribution < -0.4 is 10.2 Å². The van der Waals surface area contributed by atoms with Crippen LogP contribution in [0.3, 0.4) is 0 Å². The lowest BCUT2D eigenvalue weighted by Gasteiger charge is -2.09. The summed E-state index contributed by atoms with van der Waals surface area (Å²) in [5, 5.41) is 21.5. The Bertz CT molecular complexity index is 1470. The molecular formula is C30H28N4O4. The van der Waals surface area contributed by atoms with Crippen molar-refractivity contribution in [3.8, 4) is 17.2 Å². The van der Waals surface area contributed by atoms with Gasteiger partial charge in [-0.1, -0.05) is 48.5 Å². The van der Waals surface area contributed by atoms with Gasteiger partial charge in [0.1, 0.15) is 23.8 Å². The van der Waals surface area contributed by atoms with Gasteiger partial charge in [-0.25, -0.2) is 9.78 Å². The predicted octanol–water partition coefficient (Wildman–Crippen LogP) is 6.25. The number of carboxylic acid groups (broad SMARTS) is 1. The molecule has 0 saturated heterocycles. The monoisotopic (exact) mass is 508 g/mol. The van der Waals surface area contributed by atoms with Gasteiger partial charge >= 0.3 is 5.97 Å². The molecule has 8 heteroatoms. The van der Waals surface area contributed by atoms with Crippen molar-refractivity contribution < 1.29 is 19.1 Å². The summed E-state index contributed by atoms with van der Waals surface area (Å²) in [7, 11) is 0. The van der Waals surface area contributed by atoms with Crippen molar-refractivity contribution in [2.75, 3.05) is 12.0 Å². The lowest BCUT2D eigenvalue weighted by molar-refractivity contribution is -0.129. The average Bonchev–Trinajstić information content (AvgIpc) is 3.33. The first-order valence-corrected chi connectivity index (χ1v) is 12.0. The van der Waals surface area contributed by atoms with Gasteiger partial charge in [-0.15, -0.1) is 0 Å². The van der Waals surface area contributed by atoms with E-state index in [9.17, 15) is 9.90 Å². The third-order valence-electron chi connectivity index (χ3n) is 5.70. The summed E-state index contributed by atoms with van der Waals surface area (Å²) in [5.74, 6) is 0.581. The zero-order valence-electron chi connectivity index (χ0n) is 21.1. The quantitative estimate of drug-likeness (QED) is 0.163. The van der Waals surface area contributed by atoms with Crippen LogP contribution in [0, 0.1) is 12.3 Å². The second-order valence-electron chi connectivity index (χ2n) is 8.53. The van der Waals surface area contributed by atoms with E-state index in [2.05, 4.69) is 15.5 Å². The second-order valence-corrected chi connectivity index (χ2v) is 8.53. The van der Waals surface area contributed by atoms with Gasteiger partial charge < -0.3 is 14.3 Å². The number of carboxylic acids is 1. The smallest absolute Gasteiger partial charge is 0.355 e. The van der Waals surface area contributed by atoms with E-state index in [1.54, 1.807) is 12.1 Å². The molecule has 0 amide bonds. The largest absolute Gasteiger partial charge is 0.490 e. The number of anilines is 1. The molecule has 0 spiro atoms. The Labute approximate surface area is 220 Å². The van der Waals surface area contributed by atoms with Gasteiger partial charge in [0.25, 0.3) is 0 Å². The van der Waals surface area contributed by atoms with Crippen molar-refractivity contribution in [2.45, 2.75) is 20.3 Å². The third-order valence-corrected chi connectivity index (χ3v) is 5.70. The number of nitrogens with zero attached hydrogens (tertiary/aromatic N) is 2. The van der Waals surface area contributed by atoms with Crippen molar-refractivity contribution >= 4 is 28.7 Å². The van der Waals surface area contributed by atoms with Gasteiger partial charge in [-0.3, -0.25) is 10.8 Å². The number of rotatable bonds is 11. The number of ether oxygens (including phenoxy) is 1. The van der Waals surface area contributed by atoms with Crippen LogP contribution in [-0.4, -0.2) is 34.1 Å². The highest BCUT2D eigenvalue weighted by Crippen LogP contribution is 2.25. The van der Waals surface area contributed by atoms with Crippen molar-refractivity contribution in [1.29, 1.82) is 5.41 Å². The van der Waals surface area contributed by atoms with Crippen molar-refractivity contribution in [3.63, 3.8) is 0 Å². The van der Waals surface area contributed by atoms with E-state index in [-0.39, 0.29) is 12.1 Å². The molecule has 0 unspecified atom stereocenters. The molecule has 4 aromatic rings. The van der Waals surface area contributed by atoms with E-state index in [4.69, 9.17) is 14.6 Å². The normalized spacial score (nSPS) is 11.7. The van der Waals surface area contributed by atoms with E-state index in [0.717, 1.165) is 28.2 Å². The number of hydrazone groups is 1. The van der Waals surface area contributed by atoms with Crippen LogP contribution in [0.15, 0.2) is 101 Å². The fraction of sp³-hybridized carbons (Fsp3) is 0.133. The first-order valence-electron chi connectivity index (χ1n) is 12.0. The van der Waals surface area contributed by atoms with Crippen LogP contribution in [0.5, 0.6) is 5.75 Å². The molecule has 0 aliphatic rings. The van der Waals surface area contributed by atoms with Crippen LogP contribution in [0.2, 0.25) is 0 Å². The van der Waals surface area contributed by atoms with Gasteiger partial charge in [0, 0.05) is 12.0 Å². The first kappa shape index (κ1) is 26.1. The highest BCUT2D eigenvalue weighted by molar-refractivity contribution is 6.64. The van der Waals surface area contributed by atoms with Crippen LogP contribution in [-0.2, 0) is 11.2 Å². The Morgan fingerprint density at radius 3 is 2.50 bits per heavy atom. The summed E-state index contributed by atoms with van der Waals surface area (Å²) in [5.41, 5.74) is 6.44. The molecule has 38 heavy (non-hydrogen) atoms. The Kier molecular flexibility index (Phi) is 8.46. The molecule has 0 aliphatic heterocycles. The Hall–Kier alpha value is -4.98. The average molecular weight is 509 g/mol. The van der Waals surface area contributed by atoms with Gasteiger partial charge in [-0.2, -0.15) is 5.10 Å². The molecule has 192 valence electrons. The zero-order valence-corrected chi connectivity index (χ0v) is 21.1. The standard InChI is InChI=1S/C30H28N4O4/c1-20(28-21(2)38-29(32-28)23-11-5-3-6-12-23)16-17-37-25-15-9-10-22(18-25)19-26(27(31)30(35)36)34-33-24-13-7-4-8-14-24/h3-16,18,31,33H,17,19H2,1-2H3,(H,35,36)/b20-16+,31-27?,34-26-. The fourth-order valence-corrected chi connectivity index (χ4v) is 3.72. The lowest BCUT2D eigenvalue weighted by atomic mass is 10.0. The van der Waals surface area contributed by atoms with E-state index in [1.165, 1.54) is 0 Å². The number of benzene rings is 3. The summed E-state index contributed by atoms with van der Waals surface area (Å²) in [6.45, 7) is 4.15. The van der Waals surface area contributed by atoms with Gasteiger partial charge in [-0.05, 0) is 67.5 Å². The minimum Gasteiger partial charge on any atom is -0.490 e. The summed E-state index contributed by atoms with van der Waals surface area (Å²) < 4.78 is 11.8. The topological polar surface area (TPSA) is 121 Å². The number of hydrogen-bond acceptors (Lipinski definition) is 7. The van der Waals surface area contributed by atoms with E-state index in [1.807, 2.05) is 92.7 Å². The fourth-order valence-electron chi connectivity index (χ4n) is 3.72. The lowest BCUT2D eigenvalue weighted by Crippen LogP contribution is -2.25. The molecule has 4 rings (SSSR count). The number of carbonyl (C=O) groups is 1. The van der Waals surface area contributed by atoms with E-state index in [0.29, 0.717) is 23.9 Å². The molecule has 0 fully saturated rings. The van der Waals surface area contributed by atoms with Crippen LogP contribution in [0.1, 0.15) is 23.9 Å². The highest BCUT2D eigenvalue weighted by atomic mass is 16.5. The summed E-state index contributed by atoms with van der Waals surface area (Å²) in [6, 6.07) is 26.2. The van der Waals surface area contributed by atoms with Crippen LogP contribution in [0.4, 0.5) is 5.69 Å². The molecule has 3 aromatic carbocycles. The molecular weight excluding hydrogens is 480 g/mol. The number of hydrogen-bond donors (Lipinski definition) is 3. The Morgan fingerprint density at radius 1 is 1.08 bits per heavy atom. The minimum absolute atomic E-state index is 0.102. The summed E-state index contributed by atoms with van der Waals surface area (Å²) in [6.07, 6.45) is 2.08. The van der Waals surface area contributed by atoms with Crippen molar-refractivity contribution in [2.24, 2.45) is 5.10 Å². The minimum atomic E-state index is -1.34. The number of oxazole rings is 1. The van der Waals surface area contributed by atoms with Gasteiger partial charge in [0.15, 0.2) is 5.71 Å². The SMILES string of the molecule is C/C(=C\COc1cccc(C/C(=N/Nc2ccccc2)C(=N)C(=O)O)c1)c1nc(-c2ccccc2)oc1C.